The van der Waals surface area contributed by atoms with Crippen LogP contribution in [0.2, 0.25) is 0 Å². The lowest BCUT2D eigenvalue weighted by Crippen LogP contribution is -2.09. The first-order chi connectivity index (χ1) is 13.0. The summed E-state index contributed by atoms with van der Waals surface area (Å²) in [7, 11) is -1.04. The lowest BCUT2D eigenvalue weighted by atomic mass is 10.1. The molecule has 3 aromatic rings. The van der Waals surface area contributed by atoms with Gasteiger partial charge >= 0.3 is 0 Å². The summed E-state index contributed by atoms with van der Waals surface area (Å²) in [5.41, 5.74) is 0.0168. The van der Waals surface area contributed by atoms with Crippen LogP contribution in [0.5, 0.6) is 0 Å². The Bertz CT molecular complexity index is 848. The molecule has 140 valence electrons. The van der Waals surface area contributed by atoms with Crippen molar-refractivity contribution in [1.82, 2.24) is 0 Å². The van der Waals surface area contributed by atoms with Gasteiger partial charge in [-0.1, -0.05) is 32.0 Å². The summed E-state index contributed by atoms with van der Waals surface area (Å²) in [6.07, 6.45) is 0.455. The van der Waals surface area contributed by atoms with Gasteiger partial charge in [0.1, 0.15) is 23.3 Å². The summed E-state index contributed by atoms with van der Waals surface area (Å²) in [5.74, 6) is -2.58. The largest absolute Gasteiger partial charge is 0.206 e. The summed E-state index contributed by atoms with van der Waals surface area (Å²) in [6.45, 7) is 3.35. The summed E-state index contributed by atoms with van der Waals surface area (Å²) >= 11 is 0. The van der Waals surface area contributed by atoms with Gasteiger partial charge < -0.3 is 0 Å². The maximum Gasteiger partial charge on any atom is 0.172 e. The molecular formula is C22H19F4S+. The number of rotatable bonds is 5. The van der Waals surface area contributed by atoms with Crippen molar-refractivity contribution in [3.63, 3.8) is 0 Å². The highest BCUT2D eigenvalue weighted by molar-refractivity contribution is 7.97. The minimum absolute atomic E-state index is 0.00838. The van der Waals surface area contributed by atoms with E-state index in [0.717, 1.165) is 4.90 Å². The molecule has 0 amide bonds. The third-order valence-corrected chi connectivity index (χ3v) is 6.54. The molecule has 0 saturated heterocycles. The highest BCUT2D eigenvalue weighted by Gasteiger charge is 2.32. The van der Waals surface area contributed by atoms with Crippen molar-refractivity contribution in [2.75, 3.05) is 0 Å². The molecule has 0 heterocycles. The Hall–Kier alpha value is -2.27. The topological polar surface area (TPSA) is 0 Å². The first-order valence-corrected chi connectivity index (χ1v) is 9.93. The van der Waals surface area contributed by atoms with Gasteiger partial charge in [-0.3, -0.25) is 0 Å². The summed E-state index contributed by atoms with van der Waals surface area (Å²) < 4.78 is 57.6. The zero-order chi connectivity index (χ0) is 19.6. The Kier molecular flexibility index (Phi) is 5.90. The summed E-state index contributed by atoms with van der Waals surface area (Å²) in [6, 6.07) is 14.0. The Morgan fingerprint density at radius 3 is 1.30 bits per heavy atom. The lowest BCUT2D eigenvalue weighted by molar-refractivity contribution is 0.552. The molecule has 0 radical (unpaired) electrons. The SMILES string of the molecule is CCc1c(F)cc([S+](c2ccccc2)c2cc(F)c(CC)c(F)c2)cc1F. The van der Waals surface area contributed by atoms with E-state index >= 15 is 0 Å². The van der Waals surface area contributed by atoms with Crippen LogP contribution in [0.4, 0.5) is 17.6 Å². The maximum absolute atomic E-state index is 14.4. The fraction of sp³-hybridized carbons (Fsp3) is 0.182. The first-order valence-electron chi connectivity index (χ1n) is 8.71. The molecule has 0 bridgehead atoms. The molecule has 0 aromatic heterocycles. The molecule has 0 aliphatic carbocycles. The second-order valence-corrected chi connectivity index (χ2v) is 8.08. The molecular weight excluding hydrogens is 372 g/mol. The Morgan fingerprint density at radius 2 is 0.963 bits per heavy atom. The van der Waals surface area contributed by atoms with E-state index in [1.165, 1.54) is 24.3 Å². The third kappa shape index (κ3) is 3.88. The van der Waals surface area contributed by atoms with Gasteiger partial charge in [-0.15, -0.1) is 0 Å². The Morgan fingerprint density at radius 1 is 0.593 bits per heavy atom. The lowest BCUT2D eigenvalue weighted by Gasteiger charge is -2.11. The van der Waals surface area contributed by atoms with Crippen LogP contribution in [0.15, 0.2) is 69.3 Å². The average molecular weight is 391 g/mol. The minimum Gasteiger partial charge on any atom is -0.206 e. The fourth-order valence-electron chi connectivity index (χ4n) is 3.04. The van der Waals surface area contributed by atoms with Crippen LogP contribution >= 0.6 is 0 Å². The van der Waals surface area contributed by atoms with Crippen LogP contribution in [0.1, 0.15) is 25.0 Å². The third-order valence-electron chi connectivity index (χ3n) is 4.39. The van der Waals surface area contributed by atoms with Crippen LogP contribution < -0.4 is 0 Å². The van der Waals surface area contributed by atoms with E-state index in [-0.39, 0.29) is 24.0 Å². The second kappa shape index (κ2) is 8.17. The standard InChI is InChI=1S/C22H19F4S/c1-3-17-19(23)10-15(11-20(17)24)27(14-8-6-5-7-9-14)16-12-21(25)18(4-2)22(26)13-16/h5-13H,3-4H2,1-2H3/q+1. The molecule has 0 spiro atoms. The van der Waals surface area contributed by atoms with E-state index in [0.29, 0.717) is 9.79 Å². The van der Waals surface area contributed by atoms with E-state index in [9.17, 15) is 17.6 Å². The van der Waals surface area contributed by atoms with Crippen molar-refractivity contribution >= 4 is 10.9 Å². The molecule has 0 nitrogen and oxygen atoms in total. The highest BCUT2D eigenvalue weighted by Crippen LogP contribution is 2.34. The van der Waals surface area contributed by atoms with Crippen molar-refractivity contribution < 1.29 is 17.6 Å². The van der Waals surface area contributed by atoms with Crippen LogP contribution in [-0.4, -0.2) is 0 Å². The normalized spacial score (nSPS) is 11.2. The molecule has 27 heavy (non-hydrogen) atoms. The van der Waals surface area contributed by atoms with Crippen LogP contribution in [-0.2, 0) is 23.7 Å². The van der Waals surface area contributed by atoms with Gasteiger partial charge in [0.2, 0.25) is 0 Å². The van der Waals surface area contributed by atoms with Crippen molar-refractivity contribution in [1.29, 1.82) is 0 Å². The summed E-state index contributed by atoms with van der Waals surface area (Å²) in [5, 5.41) is 0. The van der Waals surface area contributed by atoms with Gasteiger partial charge in [-0.25, -0.2) is 17.6 Å². The Labute approximate surface area is 159 Å². The van der Waals surface area contributed by atoms with Gasteiger partial charge in [0.05, 0.1) is 10.9 Å². The second-order valence-electron chi connectivity index (χ2n) is 6.06. The minimum atomic E-state index is -1.04. The molecule has 0 N–H and O–H groups in total. The van der Waals surface area contributed by atoms with Gasteiger partial charge in [0.25, 0.3) is 0 Å². The van der Waals surface area contributed by atoms with Crippen molar-refractivity contribution in [3.05, 3.63) is 89.0 Å². The Balaban J connectivity index is 2.23. The number of hydrogen-bond acceptors (Lipinski definition) is 0. The average Bonchev–Trinajstić information content (AvgIpc) is 2.62. The quantitative estimate of drug-likeness (QED) is 0.346. The van der Waals surface area contributed by atoms with E-state index in [1.807, 2.05) is 6.07 Å². The van der Waals surface area contributed by atoms with Gasteiger partial charge in [-0.2, -0.15) is 0 Å². The van der Waals surface area contributed by atoms with Gasteiger partial charge in [0.15, 0.2) is 14.7 Å². The number of benzene rings is 3. The smallest absolute Gasteiger partial charge is 0.172 e. The van der Waals surface area contributed by atoms with Crippen LogP contribution in [0, 0.1) is 23.3 Å². The van der Waals surface area contributed by atoms with Gasteiger partial charge in [0, 0.05) is 35.4 Å². The van der Waals surface area contributed by atoms with Gasteiger partial charge in [-0.05, 0) is 25.0 Å². The summed E-state index contributed by atoms with van der Waals surface area (Å²) in [4.78, 5) is 1.41. The van der Waals surface area contributed by atoms with E-state index in [2.05, 4.69) is 0 Å². The molecule has 3 aromatic carbocycles. The molecule has 0 unspecified atom stereocenters. The molecule has 0 saturated carbocycles. The van der Waals surface area contributed by atoms with Crippen molar-refractivity contribution in [2.24, 2.45) is 0 Å². The molecule has 5 heteroatoms. The molecule has 0 fully saturated rings. The number of hydrogen-bond donors (Lipinski definition) is 0. The molecule has 0 atom stereocenters. The predicted octanol–water partition coefficient (Wildman–Crippen LogP) is 6.46. The molecule has 3 rings (SSSR count). The van der Waals surface area contributed by atoms with Crippen LogP contribution in [0.3, 0.4) is 0 Å². The molecule has 0 aliphatic heterocycles. The van der Waals surface area contributed by atoms with Crippen molar-refractivity contribution in [3.8, 4) is 0 Å². The fourth-order valence-corrected chi connectivity index (χ4v) is 5.17. The predicted molar refractivity (Wildman–Crippen MR) is 100 cm³/mol. The zero-order valence-corrected chi connectivity index (χ0v) is 15.8. The maximum atomic E-state index is 14.4. The van der Waals surface area contributed by atoms with Crippen molar-refractivity contribution in [2.45, 2.75) is 41.4 Å². The first kappa shape index (κ1) is 19.5. The zero-order valence-electron chi connectivity index (χ0n) is 15.0. The highest BCUT2D eigenvalue weighted by atomic mass is 32.2. The van der Waals surface area contributed by atoms with Crippen LogP contribution in [0.25, 0.3) is 0 Å². The molecule has 0 aliphatic rings. The number of halogens is 4. The van der Waals surface area contributed by atoms with E-state index in [4.69, 9.17) is 0 Å². The van der Waals surface area contributed by atoms with E-state index in [1.54, 1.807) is 38.1 Å². The van der Waals surface area contributed by atoms with E-state index < -0.39 is 34.2 Å². The monoisotopic (exact) mass is 391 g/mol.